The van der Waals surface area contributed by atoms with Crippen LogP contribution in [0.3, 0.4) is 0 Å². The van der Waals surface area contributed by atoms with E-state index in [2.05, 4.69) is 53.6 Å². The Morgan fingerprint density at radius 3 is 2.07 bits per heavy atom. The number of benzene rings is 3. The molecule has 140 valence electrons. The number of hydrogen-bond acceptors (Lipinski definition) is 1. The minimum Gasteiger partial charge on any atom is -0.361 e. The summed E-state index contributed by atoms with van der Waals surface area (Å²) in [5, 5.41) is 4.47. The van der Waals surface area contributed by atoms with Crippen LogP contribution in [0.25, 0.3) is 10.9 Å². The maximum Gasteiger partial charge on any atom is 0.221 e. The molecular formula is C25H24N2O. The van der Waals surface area contributed by atoms with Crippen LogP contribution < -0.4 is 5.32 Å². The molecule has 0 radical (unpaired) electrons. The number of aromatic amines is 1. The average molecular weight is 368 g/mol. The summed E-state index contributed by atoms with van der Waals surface area (Å²) in [5.74, 6) is 0.0421. The zero-order chi connectivity index (χ0) is 19.4. The summed E-state index contributed by atoms with van der Waals surface area (Å²) in [5.41, 5.74) is 3.85. The zero-order valence-corrected chi connectivity index (χ0v) is 16.0. The standard InChI is InChI=1S/C25H24N2O/c1-25(20-10-4-2-5-11-20,21-12-6-3-7-13-21)27-24(28)17-16-19-18-26-23-15-9-8-14-22(19)23/h2-15,18,26H,16-17H2,1H3,(H,27,28). The Labute approximate surface area is 165 Å². The number of para-hydroxylation sites is 1. The van der Waals surface area contributed by atoms with Gasteiger partial charge < -0.3 is 10.3 Å². The first-order valence-electron chi connectivity index (χ1n) is 9.64. The predicted octanol–water partition coefficient (Wildman–Crippen LogP) is 5.18. The molecule has 3 aromatic carbocycles. The van der Waals surface area contributed by atoms with Crippen LogP contribution in [0.5, 0.6) is 0 Å². The topological polar surface area (TPSA) is 44.9 Å². The third-order valence-corrected chi connectivity index (χ3v) is 5.39. The quantitative estimate of drug-likeness (QED) is 0.484. The van der Waals surface area contributed by atoms with Crippen molar-refractivity contribution in [1.29, 1.82) is 0 Å². The van der Waals surface area contributed by atoms with Gasteiger partial charge in [-0.3, -0.25) is 4.79 Å². The van der Waals surface area contributed by atoms with Gasteiger partial charge in [-0.15, -0.1) is 0 Å². The Kier molecular flexibility index (Phi) is 4.98. The molecule has 3 heteroatoms. The smallest absolute Gasteiger partial charge is 0.221 e. The molecule has 4 rings (SSSR count). The summed E-state index contributed by atoms with van der Waals surface area (Å²) in [6, 6.07) is 28.5. The fourth-order valence-electron chi connectivity index (χ4n) is 3.78. The Bertz CT molecular complexity index is 1030. The SMILES string of the molecule is CC(NC(=O)CCc1c[nH]c2ccccc12)(c1ccccc1)c1ccccc1. The molecule has 0 aliphatic rings. The van der Waals surface area contributed by atoms with Crippen LogP contribution in [-0.4, -0.2) is 10.9 Å². The highest BCUT2D eigenvalue weighted by Crippen LogP contribution is 2.29. The van der Waals surface area contributed by atoms with Gasteiger partial charge in [0.05, 0.1) is 5.54 Å². The van der Waals surface area contributed by atoms with E-state index in [1.54, 1.807) is 0 Å². The summed E-state index contributed by atoms with van der Waals surface area (Å²) < 4.78 is 0. The van der Waals surface area contributed by atoms with Crippen molar-refractivity contribution in [3.05, 3.63) is 108 Å². The second kappa shape index (κ2) is 7.73. The lowest BCUT2D eigenvalue weighted by atomic mass is 9.84. The van der Waals surface area contributed by atoms with Crippen LogP contribution in [0.4, 0.5) is 0 Å². The molecule has 0 fully saturated rings. The van der Waals surface area contributed by atoms with Gasteiger partial charge in [-0.05, 0) is 36.1 Å². The molecule has 1 amide bonds. The van der Waals surface area contributed by atoms with E-state index in [0.29, 0.717) is 12.8 Å². The minimum absolute atomic E-state index is 0.0421. The lowest BCUT2D eigenvalue weighted by Crippen LogP contribution is -2.44. The largest absolute Gasteiger partial charge is 0.361 e. The number of carbonyl (C=O) groups excluding carboxylic acids is 1. The molecule has 2 N–H and O–H groups in total. The molecule has 1 aromatic heterocycles. The van der Waals surface area contributed by atoms with Crippen molar-refractivity contribution in [2.24, 2.45) is 0 Å². The van der Waals surface area contributed by atoms with Gasteiger partial charge in [-0.25, -0.2) is 0 Å². The van der Waals surface area contributed by atoms with Crippen molar-refractivity contribution < 1.29 is 4.79 Å². The molecule has 0 saturated heterocycles. The number of aromatic nitrogens is 1. The van der Waals surface area contributed by atoms with E-state index in [1.165, 1.54) is 10.9 Å². The first-order valence-corrected chi connectivity index (χ1v) is 9.64. The van der Waals surface area contributed by atoms with Gasteiger partial charge >= 0.3 is 0 Å². The van der Waals surface area contributed by atoms with E-state index >= 15 is 0 Å². The molecule has 0 atom stereocenters. The maximum absolute atomic E-state index is 12.9. The molecule has 3 nitrogen and oxygen atoms in total. The van der Waals surface area contributed by atoms with E-state index in [0.717, 1.165) is 16.6 Å². The molecule has 28 heavy (non-hydrogen) atoms. The number of aryl methyl sites for hydroxylation is 1. The third kappa shape index (κ3) is 3.56. The molecule has 0 bridgehead atoms. The van der Waals surface area contributed by atoms with Crippen molar-refractivity contribution >= 4 is 16.8 Å². The van der Waals surface area contributed by atoms with Crippen molar-refractivity contribution in [2.45, 2.75) is 25.3 Å². The predicted molar refractivity (Wildman–Crippen MR) is 114 cm³/mol. The molecular weight excluding hydrogens is 344 g/mol. The number of hydrogen-bond donors (Lipinski definition) is 2. The highest BCUT2D eigenvalue weighted by atomic mass is 16.1. The lowest BCUT2D eigenvalue weighted by Gasteiger charge is -2.32. The molecule has 0 saturated carbocycles. The lowest BCUT2D eigenvalue weighted by molar-refractivity contribution is -0.122. The Hall–Kier alpha value is -3.33. The molecule has 0 aliphatic carbocycles. The summed E-state index contributed by atoms with van der Waals surface area (Å²) in [6.07, 6.45) is 3.15. The minimum atomic E-state index is -0.570. The fraction of sp³-hybridized carbons (Fsp3) is 0.160. The van der Waals surface area contributed by atoms with Crippen molar-refractivity contribution in [2.75, 3.05) is 0 Å². The summed E-state index contributed by atoms with van der Waals surface area (Å²) >= 11 is 0. The Morgan fingerprint density at radius 2 is 1.43 bits per heavy atom. The van der Waals surface area contributed by atoms with Crippen LogP contribution in [0.2, 0.25) is 0 Å². The van der Waals surface area contributed by atoms with Gasteiger partial charge in [0.25, 0.3) is 0 Å². The molecule has 0 spiro atoms. The first-order chi connectivity index (χ1) is 13.7. The second-order valence-electron chi connectivity index (χ2n) is 7.26. The third-order valence-electron chi connectivity index (χ3n) is 5.39. The average Bonchev–Trinajstić information content (AvgIpc) is 3.17. The Balaban J connectivity index is 1.54. The van der Waals surface area contributed by atoms with E-state index in [-0.39, 0.29) is 5.91 Å². The van der Waals surface area contributed by atoms with E-state index in [9.17, 15) is 4.79 Å². The zero-order valence-electron chi connectivity index (χ0n) is 16.0. The normalized spacial score (nSPS) is 11.5. The van der Waals surface area contributed by atoms with Gasteiger partial charge in [0, 0.05) is 23.5 Å². The number of nitrogens with one attached hydrogen (secondary N) is 2. The highest BCUT2D eigenvalue weighted by Gasteiger charge is 2.30. The highest BCUT2D eigenvalue weighted by molar-refractivity contribution is 5.84. The first kappa shape index (κ1) is 18.1. The number of fused-ring (bicyclic) bond motifs is 1. The van der Waals surface area contributed by atoms with Gasteiger partial charge in [-0.2, -0.15) is 0 Å². The number of amides is 1. The second-order valence-corrected chi connectivity index (χ2v) is 7.26. The van der Waals surface area contributed by atoms with Crippen LogP contribution in [0, 0.1) is 0 Å². The van der Waals surface area contributed by atoms with Gasteiger partial charge in [0.1, 0.15) is 0 Å². The van der Waals surface area contributed by atoms with Crippen LogP contribution >= 0.6 is 0 Å². The summed E-state index contributed by atoms with van der Waals surface area (Å²) in [4.78, 5) is 16.2. The van der Waals surface area contributed by atoms with Crippen LogP contribution in [0.1, 0.15) is 30.0 Å². The summed E-state index contributed by atoms with van der Waals surface area (Å²) in [7, 11) is 0. The van der Waals surface area contributed by atoms with E-state index in [4.69, 9.17) is 0 Å². The monoisotopic (exact) mass is 368 g/mol. The van der Waals surface area contributed by atoms with Crippen LogP contribution in [-0.2, 0) is 16.8 Å². The number of rotatable bonds is 6. The van der Waals surface area contributed by atoms with Crippen molar-refractivity contribution in [1.82, 2.24) is 10.3 Å². The van der Waals surface area contributed by atoms with Crippen LogP contribution in [0.15, 0.2) is 91.1 Å². The Morgan fingerprint density at radius 1 is 0.857 bits per heavy atom. The van der Waals surface area contributed by atoms with Gasteiger partial charge in [-0.1, -0.05) is 78.9 Å². The van der Waals surface area contributed by atoms with E-state index < -0.39 is 5.54 Å². The molecule has 4 aromatic rings. The molecule has 0 aliphatic heterocycles. The van der Waals surface area contributed by atoms with Crippen molar-refractivity contribution in [3.8, 4) is 0 Å². The number of H-pyrrole nitrogens is 1. The van der Waals surface area contributed by atoms with Crippen molar-refractivity contribution in [3.63, 3.8) is 0 Å². The maximum atomic E-state index is 12.9. The van der Waals surface area contributed by atoms with E-state index in [1.807, 2.05) is 54.7 Å². The summed E-state index contributed by atoms with van der Waals surface area (Å²) in [6.45, 7) is 2.07. The van der Waals surface area contributed by atoms with Gasteiger partial charge in [0.15, 0.2) is 0 Å². The molecule has 1 heterocycles. The number of carbonyl (C=O) groups is 1. The van der Waals surface area contributed by atoms with Gasteiger partial charge in [0.2, 0.25) is 5.91 Å². The fourth-order valence-corrected chi connectivity index (χ4v) is 3.78. The molecule has 0 unspecified atom stereocenters.